The van der Waals surface area contributed by atoms with Gasteiger partial charge in [0.1, 0.15) is 23.3 Å². The van der Waals surface area contributed by atoms with Crippen molar-refractivity contribution in [2.75, 3.05) is 23.4 Å². The molecule has 0 spiro atoms. The summed E-state index contributed by atoms with van der Waals surface area (Å²) in [6, 6.07) is 3.11. The Hall–Kier alpha value is -2.62. The summed E-state index contributed by atoms with van der Waals surface area (Å²) in [5, 5.41) is 8.22. The predicted octanol–water partition coefficient (Wildman–Crippen LogP) is 1.51. The maximum absolute atomic E-state index is 12.9. The van der Waals surface area contributed by atoms with Crippen LogP contribution in [-0.2, 0) is 25.8 Å². The molecule has 10 heteroatoms. The van der Waals surface area contributed by atoms with Gasteiger partial charge in [-0.1, -0.05) is 0 Å². The minimum absolute atomic E-state index is 0.0315. The molecule has 0 saturated carbocycles. The van der Waals surface area contributed by atoms with E-state index in [2.05, 4.69) is 10.4 Å². The van der Waals surface area contributed by atoms with Crippen LogP contribution in [0, 0.1) is 0 Å². The van der Waals surface area contributed by atoms with Gasteiger partial charge in [0.25, 0.3) is 5.91 Å². The minimum atomic E-state index is -3.17. The number of anilines is 1. The predicted molar refractivity (Wildman–Crippen MR) is 111 cm³/mol. The molecule has 9 nitrogen and oxygen atoms in total. The number of benzene rings is 1. The number of hydrogen-bond acceptors (Lipinski definition) is 7. The van der Waals surface area contributed by atoms with Crippen LogP contribution in [0.3, 0.4) is 0 Å². The summed E-state index contributed by atoms with van der Waals surface area (Å²) < 4.78 is 35.0. The first-order chi connectivity index (χ1) is 14.3. The fourth-order valence-corrected chi connectivity index (χ4v) is 5.69. The summed E-state index contributed by atoms with van der Waals surface area (Å²) in [7, 11) is -3.17. The monoisotopic (exact) mass is 435 g/mol. The van der Waals surface area contributed by atoms with E-state index < -0.39 is 21.8 Å². The molecule has 3 aliphatic rings. The van der Waals surface area contributed by atoms with Crippen molar-refractivity contribution < 1.29 is 27.5 Å². The van der Waals surface area contributed by atoms with Crippen molar-refractivity contribution in [1.29, 1.82) is 0 Å². The molecule has 162 valence electrons. The van der Waals surface area contributed by atoms with Gasteiger partial charge in [-0.15, -0.1) is 0 Å². The molecule has 1 aromatic rings. The highest BCUT2D eigenvalue weighted by Gasteiger charge is 2.37. The standard InChI is InChI=1S/C20H25N3O6S/c1-3-28-18-9-13-8-12(2)29-17(13)10-16(18)21-20(25)15-4-5-19(24)23(22-15)14-6-7-30(26,27)11-14/h9-10,12,14H,3-8,11H2,1-2H3,(H,21,25). The summed E-state index contributed by atoms with van der Waals surface area (Å²) in [6.07, 6.45) is 1.49. The molecule has 0 bridgehead atoms. The van der Waals surface area contributed by atoms with Gasteiger partial charge in [0.15, 0.2) is 9.84 Å². The highest BCUT2D eigenvalue weighted by molar-refractivity contribution is 7.91. The molecule has 0 radical (unpaired) electrons. The molecule has 1 N–H and O–H groups in total. The highest BCUT2D eigenvalue weighted by Crippen LogP contribution is 2.38. The lowest BCUT2D eigenvalue weighted by Crippen LogP contribution is -2.42. The largest absolute Gasteiger partial charge is 0.492 e. The molecule has 1 aromatic carbocycles. The van der Waals surface area contributed by atoms with E-state index in [1.807, 2.05) is 19.9 Å². The summed E-state index contributed by atoms with van der Waals surface area (Å²) >= 11 is 0. The van der Waals surface area contributed by atoms with Crippen molar-refractivity contribution in [2.24, 2.45) is 5.10 Å². The molecule has 2 unspecified atom stereocenters. The third kappa shape index (κ3) is 4.14. The van der Waals surface area contributed by atoms with Crippen LogP contribution >= 0.6 is 0 Å². The number of amides is 2. The van der Waals surface area contributed by atoms with Crippen LogP contribution in [0.2, 0.25) is 0 Å². The molecule has 30 heavy (non-hydrogen) atoms. The van der Waals surface area contributed by atoms with Gasteiger partial charge >= 0.3 is 0 Å². The van der Waals surface area contributed by atoms with Gasteiger partial charge in [-0.2, -0.15) is 5.10 Å². The summed E-state index contributed by atoms with van der Waals surface area (Å²) in [4.78, 5) is 25.2. The third-order valence-electron chi connectivity index (χ3n) is 5.42. The molecule has 2 amide bonds. The molecule has 3 aliphatic heterocycles. The summed E-state index contributed by atoms with van der Waals surface area (Å²) in [5.41, 5.74) is 1.69. The second-order valence-corrected chi connectivity index (χ2v) is 10.0. The number of nitrogens with zero attached hydrogens (tertiary/aromatic N) is 2. The minimum Gasteiger partial charge on any atom is -0.492 e. The van der Waals surface area contributed by atoms with Crippen LogP contribution in [0.4, 0.5) is 5.69 Å². The zero-order valence-corrected chi connectivity index (χ0v) is 17.8. The van der Waals surface area contributed by atoms with Crippen molar-refractivity contribution in [3.8, 4) is 11.5 Å². The molecule has 3 heterocycles. The molecule has 1 saturated heterocycles. The first-order valence-electron chi connectivity index (χ1n) is 10.1. The SMILES string of the molecule is CCOc1cc2c(cc1NC(=O)C1=NN(C3CCS(=O)(=O)C3)C(=O)CC1)OC(C)C2. The van der Waals surface area contributed by atoms with Crippen molar-refractivity contribution in [2.45, 2.75) is 51.7 Å². The fraction of sp³-hybridized carbons (Fsp3) is 0.550. The molecule has 0 aromatic heterocycles. The highest BCUT2D eigenvalue weighted by atomic mass is 32.2. The van der Waals surface area contributed by atoms with Gasteiger partial charge in [0.05, 0.1) is 29.8 Å². The zero-order chi connectivity index (χ0) is 21.5. The van der Waals surface area contributed by atoms with E-state index in [-0.39, 0.29) is 42.1 Å². The average Bonchev–Trinajstić information content (AvgIpc) is 3.22. The second kappa shape index (κ2) is 7.90. The smallest absolute Gasteiger partial charge is 0.271 e. The second-order valence-electron chi connectivity index (χ2n) is 7.82. The fourth-order valence-electron chi connectivity index (χ4n) is 3.99. The van der Waals surface area contributed by atoms with Crippen molar-refractivity contribution in [3.05, 3.63) is 17.7 Å². The molecule has 4 rings (SSSR count). The van der Waals surface area contributed by atoms with Crippen molar-refractivity contribution in [1.82, 2.24) is 5.01 Å². The zero-order valence-electron chi connectivity index (χ0n) is 17.0. The van der Waals surface area contributed by atoms with E-state index in [4.69, 9.17) is 9.47 Å². The Kier molecular flexibility index (Phi) is 5.44. The number of fused-ring (bicyclic) bond motifs is 1. The van der Waals surface area contributed by atoms with E-state index in [9.17, 15) is 18.0 Å². The topological polar surface area (TPSA) is 114 Å². The molecular formula is C20H25N3O6S. The van der Waals surface area contributed by atoms with Crippen LogP contribution in [0.5, 0.6) is 11.5 Å². The lowest BCUT2D eigenvalue weighted by molar-refractivity contribution is -0.133. The Balaban J connectivity index is 1.55. The Labute approximate surface area is 175 Å². The number of carbonyl (C=O) groups excluding carboxylic acids is 2. The first kappa shape index (κ1) is 20.6. The number of hydrogen-bond donors (Lipinski definition) is 1. The molecule has 1 fully saturated rings. The van der Waals surface area contributed by atoms with Crippen LogP contribution in [-0.4, -0.2) is 61.2 Å². The van der Waals surface area contributed by atoms with E-state index in [0.29, 0.717) is 30.2 Å². The number of carbonyl (C=O) groups is 2. The Morgan fingerprint density at radius 2 is 2.17 bits per heavy atom. The van der Waals surface area contributed by atoms with Crippen molar-refractivity contribution in [3.63, 3.8) is 0 Å². The Morgan fingerprint density at radius 3 is 2.87 bits per heavy atom. The lowest BCUT2D eigenvalue weighted by atomic mass is 10.1. The third-order valence-corrected chi connectivity index (χ3v) is 7.17. The number of nitrogens with one attached hydrogen (secondary N) is 1. The van der Waals surface area contributed by atoms with E-state index in [1.54, 1.807) is 6.07 Å². The van der Waals surface area contributed by atoms with Crippen LogP contribution < -0.4 is 14.8 Å². The maximum atomic E-state index is 12.9. The van der Waals surface area contributed by atoms with Gasteiger partial charge in [0, 0.05) is 30.9 Å². The van der Waals surface area contributed by atoms with Crippen LogP contribution in [0.15, 0.2) is 17.2 Å². The number of ether oxygens (including phenoxy) is 2. The normalized spacial score (nSPS) is 24.8. The van der Waals surface area contributed by atoms with Crippen molar-refractivity contribution >= 4 is 33.1 Å². The van der Waals surface area contributed by atoms with E-state index in [0.717, 1.165) is 12.0 Å². The Bertz CT molecular complexity index is 1020. The number of rotatable bonds is 5. The Morgan fingerprint density at radius 1 is 1.37 bits per heavy atom. The first-order valence-corrected chi connectivity index (χ1v) is 12.0. The van der Waals surface area contributed by atoms with E-state index in [1.165, 1.54) is 5.01 Å². The van der Waals surface area contributed by atoms with Gasteiger partial charge in [0.2, 0.25) is 5.91 Å². The van der Waals surface area contributed by atoms with Crippen LogP contribution in [0.25, 0.3) is 0 Å². The van der Waals surface area contributed by atoms with Crippen LogP contribution in [0.1, 0.15) is 38.7 Å². The molecule has 0 aliphatic carbocycles. The van der Waals surface area contributed by atoms with E-state index >= 15 is 0 Å². The van der Waals surface area contributed by atoms with Gasteiger partial charge in [-0.05, 0) is 26.3 Å². The molecular weight excluding hydrogens is 410 g/mol. The average molecular weight is 436 g/mol. The number of sulfone groups is 1. The van der Waals surface area contributed by atoms with Gasteiger partial charge < -0.3 is 14.8 Å². The van der Waals surface area contributed by atoms with Gasteiger partial charge in [-0.25, -0.2) is 13.4 Å². The lowest BCUT2D eigenvalue weighted by Gasteiger charge is -2.27. The van der Waals surface area contributed by atoms with Gasteiger partial charge in [-0.3, -0.25) is 9.59 Å². The molecule has 2 atom stereocenters. The number of hydrazone groups is 1. The maximum Gasteiger partial charge on any atom is 0.271 e. The quantitative estimate of drug-likeness (QED) is 0.750. The summed E-state index contributed by atoms with van der Waals surface area (Å²) in [6.45, 7) is 4.28. The summed E-state index contributed by atoms with van der Waals surface area (Å²) in [5.74, 6) is 0.465.